The summed E-state index contributed by atoms with van der Waals surface area (Å²) in [5.41, 5.74) is 1.73. The first-order valence-electron chi connectivity index (χ1n) is 12.8. The van der Waals surface area contributed by atoms with Gasteiger partial charge in [-0.15, -0.1) is 0 Å². The lowest BCUT2D eigenvalue weighted by atomic mass is 9.46. The lowest BCUT2D eigenvalue weighted by Gasteiger charge is -2.58. The van der Waals surface area contributed by atoms with Gasteiger partial charge in [-0.1, -0.05) is 59.0 Å². The standard InChI is InChI=1S/C27H44FNO/c1-17(2)7-6-8-18(3)20-11-12-21-19-9-10-23-25(28)24(29-30)14-16-27(23,5)22(19)13-15-26(20,21)4/h17-22,30H,6-16H2,1-5H3/b29-24+/t18-,19?,20?,21?,22?,26?,27?/m1/s1. The lowest BCUT2D eigenvalue weighted by molar-refractivity contribution is -0.0584. The minimum absolute atomic E-state index is 0.0243. The van der Waals surface area contributed by atoms with Crippen LogP contribution in [-0.2, 0) is 0 Å². The number of allylic oxidation sites excluding steroid dienone is 2. The summed E-state index contributed by atoms with van der Waals surface area (Å²) in [5.74, 6) is 4.53. The Morgan fingerprint density at radius 3 is 2.47 bits per heavy atom. The van der Waals surface area contributed by atoms with E-state index in [4.69, 9.17) is 0 Å². The van der Waals surface area contributed by atoms with Crippen molar-refractivity contribution in [2.75, 3.05) is 0 Å². The van der Waals surface area contributed by atoms with Gasteiger partial charge in [-0.05, 0) is 103 Å². The van der Waals surface area contributed by atoms with E-state index in [0.29, 0.717) is 17.8 Å². The van der Waals surface area contributed by atoms with Gasteiger partial charge in [-0.25, -0.2) is 4.39 Å². The van der Waals surface area contributed by atoms with Crippen molar-refractivity contribution in [3.8, 4) is 0 Å². The third kappa shape index (κ3) is 3.47. The summed E-state index contributed by atoms with van der Waals surface area (Å²) in [6.45, 7) is 12.2. The van der Waals surface area contributed by atoms with Crippen LogP contribution < -0.4 is 0 Å². The maximum absolute atomic E-state index is 15.1. The molecule has 0 aliphatic heterocycles. The van der Waals surface area contributed by atoms with E-state index in [9.17, 15) is 5.21 Å². The Morgan fingerprint density at radius 1 is 1.00 bits per heavy atom. The number of rotatable bonds is 5. The van der Waals surface area contributed by atoms with Crippen LogP contribution in [0.2, 0.25) is 0 Å². The van der Waals surface area contributed by atoms with Gasteiger partial charge in [0.1, 0.15) is 11.5 Å². The molecule has 30 heavy (non-hydrogen) atoms. The topological polar surface area (TPSA) is 32.6 Å². The molecule has 3 fully saturated rings. The summed E-state index contributed by atoms with van der Waals surface area (Å²) < 4.78 is 15.1. The predicted molar refractivity (Wildman–Crippen MR) is 122 cm³/mol. The van der Waals surface area contributed by atoms with Gasteiger partial charge < -0.3 is 5.21 Å². The predicted octanol–water partition coefficient (Wildman–Crippen LogP) is 8.16. The highest BCUT2D eigenvalue weighted by molar-refractivity contribution is 5.99. The van der Waals surface area contributed by atoms with Crippen molar-refractivity contribution >= 4 is 5.71 Å². The average molecular weight is 418 g/mol. The average Bonchev–Trinajstić information content (AvgIpc) is 3.05. The molecule has 0 aromatic carbocycles. The molecule has 7 atom stereocenters. The van der Waals surface area contributed by atoms with E-state index in [2.05, 4.69) is 39.8 Å². The molecule has 0 heterocycles. The maximum Gasteiger partial charge on any atom is 0.147 e. The normalized spacial score (nSPS) is 43.5. The third-order valence-electron chi connectivity index (χ3n) is 10.4. The second-order valence-corrected chi connectivity index (χ2v) is 12.2. The molecule has 4 aliphatic rings. The molecule has 0 amide bonds. The Kier molecular flexibility index (Phi) is 6.14. The molecule has 4 aliphatic carbocycles. The van der Waals surface area contributed by atoms with Crippen molar-refractivity contribution < 1.29 is 9.60 Å². The molecule has 6 unspecified atom stereocenters. The van der Waals surface area contributed by atoms with Crippen LogP contribution in [0.25, 0.3) is 0 Å². The van der Waals surface area contributed by atoms with Crippen LogP contribution in [0.1, 0.15) is 105 Å². The number of oxime groups is 1. The van der Waals surface area contributed by atoms with Gasteiger partial charge in [0, 0.05) is 0 Å². The van der Waals surface area contributed by atoms with E-state index in [-0.39, 0.29) is 17.0 Å². The van der Waals surface area contributed by atoms with Crippen LogP contribution in [0.4, 0.5) is 4.39 Å². The van der Waals surface area contributed by atoms with Gasteiger partial charge in [-0.2, -0.15) is 0 Å². The Morgan fingerprint density at radius 2 is 1.77 bits per heavy atom. The highest BCUT2D eigenvalue weighted by atomic mass is 19.1. The maximum atomic E-state index is 15.1. The van der Waals surface area contributed by atoms with Gasteiger partial charge >= 0.3 is 0 Å². The zero-order valence-electron chi connectivity index (χ0n) is 20.0. The fourth-order valence-corrected chi connectivity index (χ4v) is 8.78. The number of fused-ring (bicyclic) bond motifs is 5. The van der Waals surface area contributed by atoms with E-state index in [0.717, 1.165) is 54.4 Å². The van der Waals surface area contributed by atoms with E-state index in [1.807, 2.05) is 0 Å². The number of hydrogen-bond acceptors (Lipinski definition) is 2. The summed E-state index contributed by atoms with van der Waals surface area (Å²) >= 11 is 0. The summed E-state index contributed by atoms with van der Waals surface area (Å²) in [6.07, 6.45) is 13.0. The zero-order valence-corrected chi connectivity index (χ0v) is 20.0. The molecule has 0 bridgehead atoms. The van der Waals surface area contributed by atoms with E-state index in [1.54, 1.807) is 0 Å². The fourth-order valence-electron chi connectivity index (χ4n) is 8.78. The monoisotopic (exact) mass is 417 g/mol. The van der Waals surface area contributed by atoms with Gasteiger partial charge in [0.2, 0.25) is 0 Å². The van der Waals surface area contributed by atoms with Gasteiger partial charge in [0.15, 0.2) is 0 Å². The first-order valence-corrected chi connectivity index (χ1v) is 12.8. The van der Waals surface area contributed by atoms with Crippen LogP contribution in [0.15, 0.2) is 16.6 Å². The first kappa shape index (κ1) is 22.3. The zero-order chi connectivity index (χ0) is 21.7. The summed E-state index contributed by atoms with van der Waals surface area (Å²) in [6, 6.07) is 0. The Hall–Kier alpha value is -0.860. The van der Waals surface area contributed by atoms with Gasteiger partial charge in [-0.3, -0.25) is 0 Å². The van der Waals surface area contributed by atoms with E-state index >= 15 is 4.39 Å². The molecule has 3 heteroatoms. The number of nitrogens with zero attached hydrogens (tertiary/aromatic N) is 1. The Bertz CT molecular complexity index is 712. The van der Waals surface area contributed by atoms with Gasteiger partial charge in [0.25, 0.3) is 0 Å². The molecule has 3 saturated carbocycles. The minimum atomic E-state index is -0.180. The fraction of sp³-hybridized carbons (Fsp3) is 0.889. The van der Waals surface area contributed by atoms with Crippen molar-refractivity contribution in [2.45, 2.75) is 105 Å². The summed E-state index contributed by atoms with van der Waals surface area (Å²) in [5, 5.41) is 12.5. The number of halogens is 1. The largest absolute Gasteiger partial charge is 0.411 e. The smallest absolute Gasteiger partial charge is 0.147 e. The minimum Gasteiger partial charge on any atom is -0.411 e. The molecule has 0 saturated heterocycles. The quantitative estimate of drug-likeness (QED) is 0.355. The first-order chi connectivity index (χ1) is 14.2. The summed E-state index contributed by atoms with van der Waals surface area (Å²) in [7, 11) is 0. The Labute approximate surface area is 183 Å². The van der Waals surface area contributed by atoms with Gasteiger partial charge in [0.05, 0.1) is 0 Å². The molecule has 170 valence electrons. The van der Waals surface area contributed by atoms with Crippen molar-refractivity contribution in [1.29, 1.82) is 0 Å². The molecule has 0 aromatic rings. The van der Waals surface area contributed by atoms with Crippen LogP contribution in [0, 0.1) is 46.3 Å². The summed E-state index contributed by atoms with van der Waals surface area (Å²) in [4.78, 5) is 0. The molecule has 1 N–H and O–H groups in total. The second kappa shape index (κ2) is 8.24. The van der Waals surface area contributed by atoms with Crippen molar-refractivity contribution in [3.63, 3.8) is 0 Å². The highest BCUT2D eigenvalue weighted by Gasteiger charge is 2.60. The van der Waals surface area contributed by atoms with Crippen LogP contribution in [0.3, 0.4) is 0 Å². The molecular formula is C27H44FNO. The Balaban J connectivity index is 1.52. The van der Waals surface area contributed by atoms with Crippen molar-refractivity contribution in [1.82, 2.24) is 0 Å². The third-order valence-corrected chi connectivity index (χ3v) is 10.4. The lowest BCUT2D eigenvalue weighted by Crippen LogP contribution is -2.51. The molecule has 2 nitrogen and oxygen atoms in total. The van der Waals surface area contributed by atoms with Crippen molar-refractivity contribution in [2.24, 2.45) is 51.5 Å². The van der Waals surface area contributed by atoms with Crippen LogP contribution in [0.5, 0.6) is 0 Å². The van der Waals surface area contributed by atoms with Crippen LogP contribution >= 0.6 is 0 Å². The highest BCUT2D eigenvalue weighted by Crippen LogP contribution is 2.68. The van der Waals surface area contributed by atoms with E-state index in [1.165, 1.54) is 44.9 Å². The van der Waals surface area contributed by atoms with Crippen LogP contribution in [-0.4, -0.2) is 10.9 Å². The van der Waals surface area contributed by atoms with E-state index < -0.39 is 0 Å². The molecule has 4 rings (SSSR count). The van der Waals surface area contributed by atoms with Crippen molar-refractivity contribution in [3.05, 3.63) is 11.4 Å². The SMILES string of the molecule is CC(C)CCC[C@@H](C)C1CCC2C3CCC4=C(F)/C(=N/O)CCC4(C)C3CCC21C. The molecular weight excluding hydrogens is 373 g/mol. The molecule has 0 aromatic heterocycles. The molecule has 0 radical (unpaired) electrons. The second-order valence-electron chi connectivity index (χ2n) is 12.2. The molecule has 0 spiro atoms. The number of hydrogen-bond donors (Lipinski definition) is 1.